The molecule has 0 spiro atoms. The third-order valence-electron chi connectivity index (χ3n) is 7.17. The van der Waals surface area contributed by atoms with Gasteiger partial charge in [0, 0.05) is 50.9 Å². The summed E-state index contributed by atoms with van der Waals surface area (Å²) in [6.45, 7) is 12.3. The average molecular weight is 526 g/mol. The van der Waals surface area contributed by atoms with Crippen molar-refractivity contribution >= 4 is 17.4 Å². The fraction of sp³-hybridized carbons (Fsp3) is 0.353. The Morgan fingerprint density at radius 2 is 1.36 bits per heavy atom. The maximum Gasteiger partial charge on any atom is 0.253 e. The maximum absolute atomic E-state index is 12.9. The predicted octanol–water partition coefficient (Wildman–Crippen LogP) is 6.65. The fourth-order valence-corrected chi connectivity index (χ4v) is 5.08. The number of likely N-dealkylation sites (tertiary alicyclic amines) is 1. The SMILES string of the molecule is CC.CCN(CC)C(=O)c1ccc(C(=C2CCN(Cc3ccccc3)CC2)c2cccc(C(=O)NC)c2)cc1. The van der Waals surface area contributed by atoms with Crippen molar-refractivity contribution in [3.63, 3.8) is 0 Å². The van der Waals surface area contributed by atoms with Crippen LogP contribution in [0.2, 0.25) is 0 Å². The van der Waals surface area contributed by atoms with Crippen molar-refractivity contribution < 1.29 is 9.59 Å². The summed E-state index contributed by atoms with van der Waals surface area (Å²) in [5.41, 5.74) is 7.36. The van der Waals surface area contributed by atoms with E-state index < -0.39 is 0 Å². The molecule has 206 valence electrons. The van der Waals surface area contributed by atoms with E-state index in [4.69, 9.17) is 0 Å². The van der Waals surface area contributed by atoms with Gasteiger partial charge in [0.1, 0.15) is 0 Å². The number of carbonyl (C=O) groups is 2. The smallest absolute Gasteiger partial charge is 0.253 e. The molecule has 3 aromatic carbocycles. The Hall–Kier alpha value is -3.70. The second-order valence-corrected chi connectivity index (χ2v) is 9.46. The van der Waals surface area contributed by atoms with Crippen LogP contribution in [0.3, 0.4) is 0 Å². The van der Waals surface area contributed by atoms with Crippen molar-refractivity contribution in [1.82, 2.24) is 15.1 Å². The summed E-state index contributed by atoms with van der Waals surface area (Å²) in [5.74, 6) is -0.0364. The molecule has 1 N–H and O–H groups in total. The predicted molar refractivity (Wildman–Crippen MR) is 162 cm³/mol. The van der Waals surface area contributed by atoms with Gasteiger partial charge in [-0.2, -0.15) is 0 Å². The minimum Gasteiger partial charge on any atom is -0.355 e. The van der Waals surface area contributed by atoms with E-state index in [0.29, 0.717) is 24.2 Å². The summed E-state index contributed by atoms with van der Waals surface area (Å²) >= 11 is 0. The Kier molecular flexibility index (Phi) is 11.5. The molecule has 1 heterocycles. The molecule has 0 atom stereocenters. The highest BCUT2D eigenvalue weighted by molar-refractivity contribution is 5.97. The fourth-order valence-electron chi connectivity index (χ4n) is 5.08. The highest BCUT2D eigenvalue weighted by Gasteiger charge is 2.21. The molecule has 3 aromatic rings. The van der Waals surface area contributed by atoms with E-state index >= 15 is 0 Å². The number of hydrogen-bond acceptors (Lipinski definition) is 3. The zero-order valence-corrected chi connectivity index (χ0v) is 24.2. The van der Waals surface area contributed by atoms with Gasteiger partial charge in [-0.25, -0.2) is 0 Å². The number of hydrogen-bond donors (Lipinski definition) is 1. The Morgan fingerprint density at radius 3 is 1.95 bits per heavy atom. The largest absolute Gasteiger partial charge is 0.355 e. The quantitative estimate of drug-likeness (QED) is 0.358. The van der Waals surface area contributed by atoms with Gasteiger partial charge in [0.25, 0.3) is 11.8 Å². The van der Waals surface area contributed by atoms with Crippen molar-refractivity contribution in [2.45, 2.75) is 47.1 Å². The third-order valence-corrected chi connectivity index (χ3v) is 7.17. The minimum absolute atomic E-state index is 0.0570. The number of amides is 2. The number of nitrogens with one attached hydrogen (secondary N) is 1. The number of benzene rings is 3. The maximum atomic E-state index is 12.9. The highest BCUT2D eigenvalue weighted by Crippen LogP contribution is 2.33. The van der Waals surface area contributed by atoms with Gasteiger partial charge in [0.2, 0.25) is 0 Å². The van der Waals surface area contributed by atoms with Crippen molar-refractivity contribution in [3.8, 4) is 0 Å². The Bertz CT molecular complexity index is 1230. The van der Waals surface area contributed by atoms with Crippen LogP contribution >= 0.6 is 0 Å². The number of piperidine rings is 1. The molecule has 0 bridgehead atoms. The van der Waals surface area contributed by atoms with E-state index in [1.54, 1.807) is 7.05 Å². The van der Waals surface area contributed by atoms with Gasteiger partial charge in [-0.05, 0) is 73.2 Å². The molecule has 5 nitrogen and oxygen atoms in total. The molecule has 0 radical (unpaired) electrons. The standard InChI is InChI=1S/C32H37N3O2.C2H6/c1-4-35(5-2)32(37)27-16-14-25(15-17-27)30(28-12-9-13-29(22-28)31(36)33-3)26-18-20-34(21-19-26)23-24-10-7-6-8-11-24;1-2/h6-17,22H,4-5,18-21,23H2,1-3H3,(H,33,36);1-2H3. The van der Waals surface area contributed by atoms with Gasteiger partial charge >= 0.3 is 0 Å². The van der Waals surface area contributed by atoms with Crippen LogP contribution in [0.1, 0.15) is 77.9 Å². The zero-order valence-electron chi connectivity index (χ0n) is 24.2. The molecule has 1 saturated heterocycles. The van der Waals surface area contributed by atoms with E-state index in [2.05, 4.69) is 58.7 Å². The average Bonchev–Trinajstić information content (AvgIpc) is 3.00. The van der Waals surface area contributed by atoms with Gasteiger partial charge in [0.15, 0.2) is 0 Å². The topological polar surface area (TPSA) is 52.7 Å². The molecule has 1 fully saturated rings. The van der Waals surface area contributed by atoms with Crippen LogP contribution in [-0.2, 0) is 6.54 Å². The van der Waals surface area contributed by atoms with Gasteiger partial charge in [-0.1, -0.05) is 74.0 Å². The molecule has 0 unspecified atom stereocenters. The first-order chi connectivity index (χ1) is 19.0. The van der Waals surface area contributed by atoms with Crippen molar-refractivity contribution in [2.24, 2.45) is 0 Å². The van der Waals surface area contributed by atoms with Crippen molar-refractivity contribution in [2.75, 3.05) is 33.2 Å². The first kappa shape index (κ1) is 29.9. The molecule has 39 heavy (non-hydrogen) atoms. The lowest BCUT2D eigenvalue weighted by atomic mass is 9.87. The monoisotopic (exact) mass is 525 g/mol. The number of nitrogens with zero attached hydrogens (tertiary/aromatic N) is 2. The molecule has 4 rings (SSSR count). The van der Waals surface area contributed by atoms with Gasteiger partial charge in [0.05, 0.1) is 0 Å². The van der Waals surface area contributed by atoms with Crippen LogP contribution in [0.25, 0.3) is 5.57 Å². The number of rotatable bonds is 8. The Labute approximate surface area is 234 Å². The van der Waals surface area contributed by atoms with E-state index in [0.717, 1.165) is 43.6 Å². The van der Waals surface area contributed by atoms with E-state index in [-0.39, 0.29) is 11.8 Å². The van der Waals surface area contributed by atoms with Gasteiger partial charge in [-0.15, -0.1) is 0 Å². The normalized spacial score (nSPS) is 13.2. The van der Waals surface area contributed by atoms with E-state index in [9.17, 15) is 9.59 Å². The molecular weight excluding hydrogens is 482 g/mol. The number of carbonyl (C=O) groups excluding carboxylic acids is 2. The lowest BCUT2D eigenvalue weighted by Crippen LogP contribution is -2.30. The van der Waals surface area contributed by atoms with Crippen molar-refractivity contribution in [1.29, 1.82) is 0 Å². The molecule has 1 aliphatic rings. The second-order valence-electron chi connectivity index (χ2n) is 9.46. The summed E-state index contributed by atoms with van der Waals surface area (Å²) in [6.07, 6.45) is 1.93. The van der Waals surface area contributed by atoms with Crippen LogP contribution in [-0.4, -0.2) is 54.8 Å². The van der Waals surface area contributed by atoms with Gasteiger partial charge < -0.3 is 10.2 Å². The molecule has 1 aliphatic heterocycles. The van der Waals surface area contributed by atoms with Crippen LogP contribution < -0.4 is 5.32 Å². The Balaban J connectivity index is 0.00000205. The third kappa shape index (κ3) is 7.67. The second kappa shape index (κ2) is 15.0. The van der Waals surface area contributed by atoms with E-state index in [1.807, 2.05) is 62.9 Å². The Morgan fingerprint density at radius 1 is 0.769 bits per heavy atom. The van der Waals surface area contributed by atoms with Crippen LogP contribution in [0.15, 0.2) is 84.4 Å². The van der Waals surface area contributed by atoms with Gasteiger partial charge in [-0.3, -0.25) is 14.5 Å². The first-order valence-electron chi connectivity index (χ1n) is 14.2. The van der Waals surface area contributed by atoms with Crippen molar-refractivity contribution in [3.05, 3.63) is 112 Å². The molecule has 0 aromatic heterocycles. The zero-order chi connectivity index (χ0) is 28.2. The van der Waals surface area contributed by atoms with Crippen LogP contribution in [0.4, 0.5) is 0 Å². The van der Waals surface area contributed by atoms with Crippen LogP contribution in [0, 0.1) is 0 Å². The lowest BCUT2D eigenvalue weighted by molar-refractivity contribution is 0.0772. The molecule has 0 aliphatic carbocycles. The summed E-state index contributed by atoms with van der Waals surface area (Å²) in [4.78, 5) is 29.6. The minimum atomic E-state index is -0.0935. The molecule has 0 saturated carbocycles. The molecule has 2 amide bonds. The lowest BCUT2D eigenvalue weighted by Gasteiger charge is -2.30. The summed E-state index contributed by atoms with van der Waals surface area (Å²) in [5, 5.41) is 2.73. The van der Waals surface area contributed by atoms with Crippen LogP contribution in [0.5, 0.6) is 0 Å². The molecule has 5 heteroatoms. The van der Waals surface area contributed by atoms with E-state index in [1.165, 1.54) is 16.7 Å². The summed E-state index contributed by atoms with van der Waals surface area (Å²) in [7, 11) is 1.66. The molecular formula is C34H43N3O2. The summed E-state index contributed by atoms with van der Waals surface area (Å²) in [6, 6.07) is 26.4. The highest BCUT2D eigenvalue weighted by atomic mass is 16.2. The first-order valence-corrected chi connectivity index (χ1v) is 14.2. The summed E-state index contributed by atoms with van der Waals surface area (Å²) < 4.78 is 0.